The Kier molecular flexibility index (Phi) is 4.22. The van der Waals surface area contributed by atoms with Crippen LogP contribution in [0.5, 0.6) is 0 Å². The van der Waals surface area contributed by atoms with Crippen LogP contribution in [0, 0.1) is 0 Å². The van der Waals surface area contributed by atoms with Crippen LogP contribution in [0.15, 0.2) is 30.3 Å². The fourth-order valence-corrected chi connectivity index (χ4v) is 2.74. The first-order valence-corrected chi connectivity index (χ1v) is 6.75. The first kappa shape index (κ1) is 14.0. The van der Waals surface area contributed by atoms with Crippen molar-refractivity contribution in [2.75, 3.05) is 13.1 Å². The quantitative estimate of drug-likeness (QED) is 0.870. The van der Waals surface area contributed by atoms with Crippen LogP contribution in [-0.4, -0.2) is 40.2 Å². The van der Waals surface area contributed by atoms with Crippen molar-refractivity contribution in [3.8, 4) is 0 Å². The lowest BCUT2D eigenvalue weighted by molar-refractivity contribution is -0.146. The maximum atomic E-state index is 11.3. The van der Waals surface area contributed by atoms with Crippen LogP contribution in [-0.2, 0) is 10.4 Å². The van der Waals surface area contributed by atoms with E-state index in [9.17, 15) is 15.0 Å². The summed E-state index contributed by atoms with van der Waals surface area (Å²) in [7, 11) is 0. The van der Waals surface area contributed by atoms with Crippen LogP contribution in [0.3, 0.4) is 0 Å². The molecule has 0 spiro atoms. The Morgan fingerprint density at radius 2 is 2.05 bits per heavy atom. The van der Waals surface area contributed by atoms with E-state index >= 15 is 0 Å². The topological polar surface area (TPSA) is 60.8 Å². The molecule has 1 aromatic rings. The van der Waals surface area contributed by atoms with Crippen molar-refractivity contribution in [2.24, 2.45) is 0 Å². The van der Waals surface area contributed by atoms with Gasteiger partial charge in [0.25, 0.3) is 0 Å². The van der Waals surface area contributed by atoms with Gasteiger partial charge in [-0.15, -0.1) is 0 Å². The second kappa shape index (κ2) is 5.72. The number of aliphatic hydroxyl groups is 1. The lowest BCUT2D eigenvalue weighted by Crippen LogP contribution is -2.50. The summed E-state index contributed by atoms with van der Waals surface area (Å²) in [5, 5.41) is 19.9. The molecule has 1 aromatic carbocycles. The molecule has 2 rings (SSSR count). The Morgan fingerprint density at radius 3 is 2.68 bits per heavy atom. The van der Waals surface area contributed by atoms with E-state index in [1.165, 1.54) is 0 Å². The van der Waals surface area contributed by atoms with Crippen molar-refractivity contribution in [3.05, 3.63) is 35.9 Å². The number of piperidine rings is 1. The number of likely N-dealkylation sites (tertiary alicyclic amines) is 1. The van der Waals surface area contributed by atoms with Gasteiger partial charge in [0.1, 0.15) is 6.04 Å². The van der Waals surface area contributed by atoms with Crippen molar-refractivity contribution in [2.45, 2.75) is 37.8 Å². The summed E-state index contributed by atoms with van der Waals surface area (Å²) in [6.07, 6.45) is 2.61. The first-order chi connectivity index (χ1) is 9.00. The third kappa shape index (κ3) is 3.33. The third-order valence-electron chi connectivity index (χ3n) is 3.81. The molecule has 0 aromatic heterocycles. The summed E-state index contributed by atoms with van der Waals surface area (Å²) in [5.74, 6) is -0.788. The normalized spacial score (nSPS) is 23.8. The molecule has 2 N–H and O–H groups in total. The number of rotatable bonds is 4. The van der Waals surface area contributed by atoms with Gasteiger partial charge < -0.3 is 10.2 Å². The standard InChI is InChI=1S/C15H21NO3/c1-15(19,12-7-3-2-4-8-12)11-16-10-6-5-9-13(16)14(17)18/h2-4,7-8,13,19H,5-6,9-11H2,1H3,(H,17,18). The molecule has 0 amide bonds. The molecule has 4 nitrogen and oxygen atoms in total. The fraction of sp³-hybridized carbons (Fsp3) is 0.533. The molecular formula is C15H21NO3. The molecule has 2 unspecified atom stereocenters. The molecule has 2 atom stereocenters. The fourth-order valence-electron chi connectivity index (χ4n) is 2.74. The Balaban J connectivity index is 2.12. The molecule has 19 heavy (non-hydrogen) atoms. The van der Waals surface area contributed by atoms with E-state index in [-0.39, 0.29) is 0 Å². The molecule has 0 aliphatic carbocycles. The highest BCUT2D eigenvalue weighted by Gasteiger charge is 2.34. The number of benzene rings is 1. The number of carboxylic acids is 1. The van der Waals surface area contributed by atoms with Crippen LogP contribution in [0.4, 0.5) is 0 Å². The zero-order chi connectivity index (χ0) is 13.9. The molecule has 1 fully saturated rings. The molecular weight excluding hydrogens is 242 g/mol. The number of β-amino-alcohol motifs (C(OH)–C–C–N with tert-alkyl or cyclic N) is 1. The SMILES string of the molecule is CC(O)(CN1CCCCC1C(=O)O)c1ccccc1. The molecule has 1 aliphatic rings. The van der Waals surface area contributed by atoms with Gasteiger partial charge in [-0.2, -0.15) is 0 Å². The van der Waals surface area contributed by atoms with Gasteiger partial charge in [0.15, 0.2) is 0 Å². The molecule has 1 heterocycles. The van der Waals surface area contributed by atoms with E-state index in [1.807, 2.05) is 35.2 Å². The molecule has 1 saturated heterocycles. The summed E-state index contributed by atoms with van der Waals surface area (Å²) in [6.45, 7) is 2.84. The second-order valence-corrected chi connectivity index (χ2v) is 5.46. The zero-order valence-corrected chi connectivity index (χ0v) is 11.2. The van der Waals surface area contributed by atoms with Gasteiger partial charge in [-0.05, 0) is 31.9 Å². The lowest BCUT2D eigenvalue weighted by atomic mass is 9.93. The van der Waals surface area contributed by atoms with Crippen molar-refractivity contribution in [1.82, 2.24) is 4.90 Å². The van der Waals surface area contributed by atoms with E-state index in [0.29, 0.717) is 13.0 Å². The summed E-state index contributed by atoms with van der Waals surface area (Å²) in [4.78, 5) is 13.2. The van der Waals surface area contributed by atoms with Crippen molar-refractivity contribution >= 4 is 5.97 Å². The average molecular weight is 263 g/mol. The van der Waals surface area contributed by atoms with E-state index in [0.717, 1.165) is 24.9 Å². The van der Waals surface area contributed by atoms with Gasteiger partial charge in [0.05, 0.1) is 5.60 Å². The van der Waals surface area contributed by atoms with E-state index < -0.39 is 17.6 Å². The Hall–Kier alpha value is -1.39. The molecule has 1 aliphatic heterocycles. The Morgan fingerprint density at radius 1 is 1.37 bits per heavy atom. The third-order valence-corrected chi connectivity index (χ3v) is 3.81. The summed E-state index contributed by atoms with van der Waals surface area (Å²) in [5.41, 5.74) is -0.198. The Bertz CT molecular complexity index is 430. The van der Waals surface area contributed by atoms with Crippen molar-refractivity contribution < 1.29 is 15.0 Å². The summed E-state index contributed by atoms with van der Waals surface area (Å²) in [6, 6.07) is 8.95. The number of hydrogen-bond acceptors (Lipinski definition) is 3. The monoisotopic (exact) mass is 263 g/mol. The number of hydrogen-bond donors (Lipinski definition) is 2. The number of carboxylic acid groups (broad SMARTS) is 1. The van der Waals surface area contributed by atoms with Crippen molar-refractivity contribution in [1.29, 1.82) is 0 Å². The highest BCUT2D eigenvalue weighted by Crippen LogP contribution is 2.26. The zero-order valence-electron chi connectivity index (χ0n) is 11.2. The Labute approximate surface area is 113 Å². The molecule has 0 saturated carbocycles. The minimum atomic E-state index is -1.02. The minimum Gasteiger partial charge on any atom is -0.480 e. The first-order valence-electron chi connectivity index (χ1n) is 6.75. The van der Waals surface area contributed by atoms with E-state index in [1.54, 1.807) is 6.92 Å². The van der Waals surface area contributed by atoms with Gasteiger partial charge >= 0.3 is 5.97 Å². The van der Waals surface area contributed by atoms with Crippen LogP contribution >= 0.6 is 0 Å². The molecule has 104 valence electrons. The number of nitrogens with zero attached hydrogens (tertiary/aromatic N) is 1. The van der Waals surface area contributed by atoms with Crippen LogP contribution < -0.4 is 0 Å². The number of aliphatic carboxylic acids is 1. The smallest absolute Gasteiger partial charge is 0.320 e. The van der Waals surface area contributed by atoms with E-state index in [2.05, 4.69) is 0 Å². The maximum Gasteiger partial charge on any atom is 0.320 e. The highest BCUT2D eigenvalue weighted by molar-refractivity contribution is 5.73. The summed E-state index contributed by atoms with van der Waals surface area (Å²) >= 11 is 0. The van der Waals surface area contributed by atoms with Gasteiger partial charge in [-0.3, -0.25) is 9.69 Å². The van der Waals surface area contributed by atoms with Crippen LogP contribution in [0.2, 0.25) is 0 Å². The average Bonchev–Trinajstić information content (AvgIpc) is 2.39. The van der Waals surface area contributed by atoms with Gasteiger partial charge in [0.2, 0.25) is 0 Å². The lowest BCUT2D eigenvalue weighted by Gasteiger charge is -2.38. The maximum absolute atomic E-state index is 11.3. The van der Waals surface area contributed by atoms with Gasteiger partial charge in [-0.25, -0.2) is 0 Å². The largest absolute Gasteiger partial charge is 0.480 e. The van der Waals surface area contributed by atoms with Crippen LogP contribution in [0.1, 0.15) is 31.7 Å². The summed E-state index contributed by atoms with van der Waals surface area (Å²) < 4.78 is 0. The van der Waals surface area contributed by atoms with Crippen molar-refractivity contribution in [3.63, 3.8) is 0 Å². The molecule has 4 heteroatoms. The predicted molar refractivity (Wildman–Crippen MR) is 72.9 cm³/mol. The van der Waals surface area contributed by atoms with E-state index in [4.69, 9.17) is 0 Å². The number of carbonyl (C=O) groups is 1. The molecule has 0 bridgehead atoms. The van der Waals surface area contributed by atoms with Gasteiger partial charge in [0, 0.05) is 6.54 Å². The molecule has 0 radical (unpaired) electrons. The van der Waals surface area contributed by atoms with Gasteiger partial charge in [-0.1, -0.05) is 36.8 Å². The predicted octanol–water partition coefficient (Wildman–Crippen LogP) is 1.83. The highest BCUT2D eigenvalue weighted by atomic mass is 16.4. The second-order valence-electron chi connectivity index (χ2n) is 5.46. The van der Waals surface area contributed by atoms with Crippen LogP contribution in [0.25, 0.3) is 0 Å². The minimum absolute atomic E-state index is 0.355.